The van der Waals surface area contributed by atoms with Gasteiger partial charge in [-0.25, -0.2) is 4.98 Å². The van der Waals surface area contributed by atoms with Gasteiger partial charge in [0.25, 0.3) is 5.56 Å². The average Bonchev–Trinajstić information content (AvgIpc) is 3.39. The van der Waals surface area contributed by atoms with E-state index in [-0.39, 0.29) is 30.1 Å². The van der Waals surface area contributed by atoms with Gasteiger partial charge in [-0.3, -0.25) is 14.3 Å². The zero-order valence-corrected chi connectivity index (χ0v) is 20.0. The van der Waals surface area contributed by atoms with E-state index in [4.69, 9.17) is 15.6 Å². The van der Waals surface area contributed by atoms with Crippen molar-refractivity contribution in [2.45, 2.75) is 24.9 Å². The first-order chi connectivity index (χ1) is 15.5. The van der Waals surface area contributed by atoms with Gasteiger partial charge in [0.1, 0.15) is 12.3 Å². The Morgan fingerprint density at radius 1 is 1.12 bits per heavy atom. The molecule has 10 heteroatoms. The van der Waals surface area contributed by atoms with Gasteiger partial charge in [0.2, 0.25) is 5.95 Å². The van der Waals surface area contributed by atoms with Crippen molar-refractivity contribution in [3.63, 3.8) is 0 Å². The standard InChI is InChI=1S/C10H13N5O4.2C6H5.Sn/c11-10-13-8-7(9(18)14-10)12-3-15(8)6-1-4(17)5(2-16)19-6;2*1-2-4-6-5-3-1;/h3-6,16-17H,1-2H2,(H3,11,13,14,18);2*1-5H;. The van der Waals surface area contributed by atoms with E-state index in [2.05, 4.69) is 75.6 Å². The van der Waals surface area contributed by atoms with E-state index >= 15 is 0 Å². The fraction of sp³-hybridized carbons (Fsp3) is 0.227. The molecule has 1 saturated heterocycles. The maximum atomic E-state index is 11.6. The Hall–Kier alpha value is -2.73. The first-order valence-electron chi connectivity index (χ1n) is 10.1. The summed E-state index contributed by atoms with van der Waals surface area (Å²) in [7, 11) is 0. The van der Waals surface area contributed by atoms with Crippen LogP contribution in [0.15, 0.2) is 71.8 Å². The molecule has 0 spiro atoms. The van der Waals surface area contributed by atoms with E-state index in [1.165, 1.54) is 18.1 Å². The molecule has 1 aliphatic rings. The molecule has 3 atom stereocenters. The Morgan fingerprint density at radius 2 is 1.75 bits per heavy atom. The SMILES string of the molecule is Nc1nc2c(ncn2C2CC(O)C(CO)O2)c(=O)[nH]1.c1cc[c]([Sn][c]2ccccc2)cc1. The Bertz CT molecular complexity index is 1180. The molecule has 2 aromatic carbocycles. The van der Waals surface area contributed by atoms with Crippen LogP contribution < -0.4 is 18.5 Å². The maximum absolute atomic E-state index is 11.6. The van der Waals surface area contributed by atoms with Crippen molar-refractivity contribution >= 4 is 45.4 Å². The zero-order valence-electron chi connectivity index (χ0n) is 17.1. The molecule has 164 valence electrons. The number of nitrogens with zero attached hydrogens (tertiary/aromatic N) is 3. The number of nitrogen functional groups attached to an aromatic ring is 1. The third-order valence-corrected chi connectivity index (χ3v) is 8.53. The summed E-state index contributed by atoms with van der Waals surface area (Å²) in [4.78, 5) is 22.0. The molecule has 5 rings (SSSR count). The number of H-pyrrole nitrogens is 1. The quantitative estimate of drug-likeness (QED) is 0.261. The molecule has 9 nitrogen and oxygen atoms in total. The number of hydrogen-bond acceptors (Lipinski definition) is 7. The first kappa shape index (κ1) is 22.5. The topological polar surface area (TPSA) is 139 Å². The van der Waals surface area contributed by atoms with Gasteiger partial charge in [0.15, 0.2) is 11.2 Å². The predicted octanol–water partition coefficient (Wildman–Crippen LogP) is -0.316. The summed E-state index contributed by atoms with van der Waals surface area (Å²) in [6.07, 6.45) is -0.270. The predicted molar refractivity (Wildman–Crippen MR) is 122 cm³/mol. The first-order valence-corrected chi connectivity index (χ1v) is 12.9. The molecule has 0 bridgehead atoms. The molecule has 0 aliphatic carbocycles. The van der Waals surface area contributed by atoms with Gasteiger partial charge in [-0.05, 0) is 0 Å². The van der Waals surface area contributed by atoms with Gasteiger partial charge in [-0.15, -0.1) is 0 Å². The minimum absolute atomic E-state index is 0.0171. The van der Waals surface area contributed by atoms with Crippen LogP contribution in [0.1, 0.15) is 12.6 Å². The van der Waals surface area contributed by atoms with Gasteiger partial charge in [-0.1, -0.05) is 0 Å². The van der Waals surface area contributed by atoms with E-state index < -0.39 is 45.1 Å². The van der Waals surface area contributed by atoms with Gasteiger partial charge in [-0.2, -0.15) is 4.98 Å². The second-order valence-electron chi connectivity index (χ2n) is 7.25. The number of aromatic amines is 1. The van der Waals surface area contributed by atoms with Crippen LogP contribution in [0.5, 0.6) is 0 Å². The fourth-order valence-corrected chi connectivity index (χ4v) is 6.41. The van der Waals surface area contributed by atoms with Gasteiger partial charge in [0, 0.05) is 6.42 Å². The summed E-state index contributed by atoms with van der Waals surface area (Å²) in [5.41, 5.74) is 5.50. The minimum atomic E-state index is -0.771. The summed E-state index contributed by atoms with van der Waals surface area (Å²) in [6, 6.07) is 21.6. The summed E-state index contributed by atoms with van der Waals surface area (Å²) in [6.45, 7) is -0.277. The van der Waals surface area contributed by atoms with Crippen molar-refractivity contribution in [3.05, 3.63) is 77.3 Å². The summed E-state index contributed by atoms with van der Waals surface area (Å²) < 4.78 is 10.1. The number of benzene rings is 2. The van der Waals surface area contributed by atoms with Crippen LogP contribution in [-0.4, -0.2) is 69.7 Å². The van der Waals surface area contributed by atoms with Crippen molar-refractivity contribution in [2.75, 3.05) is 12.3 Å². The number of anilines is 1. The number of aliphatic hydroxyl groups is 2. The third kappa shape index (κ3) is 5.18. The van der Waals surface area contributed by atoms with Crippen LogP contribution in [0, 0.1) is 0 Å². The number of nitrogens with one attached hydrogen (secondary N) is 1. The number of aliphatic hydroxyl groups excluding tert-OH is 2. The summed E-state index contributed by atoms with van der Waals surface area (Å²) in [5.74, 6) is -0.0171. The molecule has 4 aromatic rings. The van der Waals surface area contributed by atoms with Crippen molar-refractivity contribution in [1.29, 1.82) is 0 Å². The number of hydrogen-bond donors (Lipinski definition) is 4. The fourth-order valence-electron chi connectivity index (χ4n) is 3.41. The summed E-state index contributed by atoms with van der Waals surface area (Å²) >= 11 is -0.517. The Labute approximate surface area is 194 Å². The van der Waals surface area contributed by atoms with Crippen molar-refractivity contribution in [2.24, 2.45) is 0 Å². The van der Waals surface area contributed by atoms with Crippen molar-refractivity contribution < 1.29 is 14.9 Å². The van der Waals surface area contributed by atoms with E-state index in [0.717, 1.165) is 0 Å². The second-order valence-corrected chi connectivity index (χ2v) is 11.3. The van der Waals surface area contributed by atoms with E-state index in [1.807, 2.05) is 0 Å². The number of fused-ring (bicyclic) bond motifs is 1. The molecule has 2 aromatic heterocycles. The van der Waals surface area contributed by atoms with Gasteiger partial charge in [0.05, 0.1) is 19.0 Å². The van der Waals surface area contributed by atoms with Crippen LogP contribution in [0.4, 0.5) is 5.95 Å². The van der Waals surface area contributed by atoms with Crippen LogP contribution >= 0.6 is 0 Å². The number of imidazole rings is 1. The third-order valence-electron chi connectivity index (χ3n) is 4.98. The van der Waals surface area contributed by atoms with E-state index in [0.29, 0.717) is 0 Å². The molecule has 0 amide bonds. The van der Waals surface area contributed by atoms with E-state index in [9.17, 15) is 9.90 Å². The Balaban J connectivity index is 0.000000165. The second kappa shape index (κ2) is 10.3. The molecule has 1 fully saturated rings. The molecule has 2 radical (unpaired) electrons. The van der Waals surface area contributed by atoms with Gasteiger partial charge >= 0.3 is 89.0 Å². The Kier molecular flexibility index (Phi) is 7.20. The van der Waals surface area contributed by atoms with Crippen LogP contribution in [-0.2, 0) is 4.74 Å². The van der Waals surface area contributed by atoms with Crippen LogP contribution in [0.3, 0.4) is 0 Å². The van der Waals surface area contributed by atoms with E-state index in [1.54, 1.807) is 0 Å². The molecule has 3 unspecified atom stereocenters. The van der Waals surface area contributed by atoms with Gasteiger partial charge < -0.3 is 20.7 Å². The molecule has 5 N–H and O–H groups in total. The molecule has 0 saturated carbocycles. The zero-order chi connectivity index (χ0) is 22.5. The van der Waals surface area contributed by atoms with Crippen LogP contribution in [0.2, 0.25) is 0 Å². The van der Waals surface area contributed by atoms with Crippen molar-refractivity contribution in [3.8, 4) is 0 Å². The van der Waals surface area contributed by atoms with Crippen LogP contribution in [0.25, 0.3) is 11.2 Å². The number of aromatic nitrogens is 4. The average molecular weight is 540 g/mol. The monoisotopic (exact) mass is 541 g/mol. The molecule has 3 heterocycles. The molecule has 1 aliphatic heterocycles. The summed E-state index contributed by atoms with van der Waals surface area (Å²) in [5, 5.41) is 18.8. The number of nitrogens with two attached hydrogens (primary N) is 1. The van der Waals surface area contributed by atoms with Crippen molar-refractivity contribution in [1.82, 2.24) is 19.5 Å². The Morgan fingerprint density at radius 3 is 2.31 bits per heavy atom. The normalized spacial score (nSPS) is 20.1. The number of rotatable bonds is 4. The molecule has 32 heavy (non-hydrogen) atoms. The molecular weight excluding hydrogens is 517 g/mol. The molecular formula is C22H23N5O4Sn. The number of ether oxygens (including phenoxy) is 1.